The summed E-state index contributed by atoms with van der Waals surface area (Å²) in [6, 6.07) is 0. The van der Waals surface area contributed by atoms with Crippen LogP contribution in [-0.4, -0.2) is 13.2 Å². The van der Waals surface area contributed by atoms with Crippen LogP contribution in [0, 0.1) is 11.8 Å². The molecule has 0 amide bonds. The van der Waals surface area contributed by atoms with Crippen LogP contribution in [0.3, 0.4) is 0 Å². The second kappa shape index (κ2) is 9.51. The SMILES string of the molecule is CCCC(C)CCC(C)CCOCC. The van der Waals surface area contributed by atoms with Gasteiger partial charge in [0, 0.05) is 13.2 Å². The van der Waals surface area contributed by atoms with Crippen LogP contribution in [0.1, 0.15) is 59.8 Å². The Morgan fingerprint density at radius 1 is 0.857 bits per heavy atom. The zero-order valence-corrected chi connectivity index (χ0v) is 10.5. The van der Waals surface area contributed by atoms with Crippen molar-refractivity contribution >= 4 is 0 Å². The fourth-order valence-corrected chi connectivity index (χ4v) is 1.78. The lowest BCUT2D eigenvalue weighted by atomic mass is 9.93. The summed E-state index contributed by atoms with van der Waals surface area (Å²) in [4.78, 5) is 0. The second-order valence-electron chi connectivity index (χ2n) is 4.56. The predicted molar refractivity (Wildman–Crippen MR) is 63.6 cm³/mol. The lowest BCUT2D eigenvalue weighted by Gasteiger charge is -2.14. The third-order valence-electron chi connectivity index (χ3n) is 2.89. The molecule has 0 saturated carbocycles. The first-order chi connectivity index (χ1) is 6.70. The normalized spacial score (nSPS) is 15.4. The van der Waals surface area contributed by atoms with Crippen LogP contribution in [0.2, 0.25) is 0 Å². The minimum atomic E-state index is 0.834. The molecule has 0 spiro atoms. The van der Waals surface area contributed by atoms with E-state index in [9.17, 15) is 0 Å². The summed E-state index contributed by atoms with van der Waals surface area (Å²) in [5, 5.41) is 0. The van der Waals surface area contributed by atoms with Gasteiger partial charge in [-0.25, -0.2) is 0 Å². The maximum absolute atomic E-state index is 5.36. The van der Waals surface area contributed by atoms with Crippen LogP contribution in [0.4, 0.5) is 0 Å². The molecule has 0 aromatic rings. The Hall–Kier alpha value is -0.0400. The van der Waals surface area contributed by atoms with Gasteiger partial charge in [0.2, 0.25) is 0 Å². The van der Waals surface area contributed by atoms with E-state index in [2.05, 4.69) is 27.7 Å². The molecule has 0 aliphatic rings. The molecule has 0 heterocycles. The minimum Gasteiger partial charge on any atom is -0.382 e. The van der Waals surface area contributed by atoms with Gasteiger partial charge in [0.05, 0.1) is 0 Å². The molecule has 1 nitrogen and oxygen atoms in total. The quantitative estimate of drug-likeness (QED) is 0.505. The van der Waals surface area contributed by atoms with Crippen molar-refractivity contribution in [1.82, 2.24) is 0 Å². The Kier molecular flexibility index (Phi) is 9.49. The van der Waals surface area contributed by atoms with Crippen LogP contribution in [0.25, 0.3) is 0 Å². The van der Waals surface area contributed by atoms with E-state index in [0.717, 1.165) is 25.0 Å². The summed E-state index contributed by atoms with van der Waals surface area (Å²) in [5.74, 6) is 1.75. The van der Waals surface area contributed by atoms with Crippen LogP contribution >= 0.6 is 0 Å². The van der Waals surface area contributed by atoms with E-state index in [1.807, 2.05) is 0 Å². The standard InChI is InChI=1S/C13H28O/c1-5-7-12(3)8-9-13(4)10-11-14-6-2/h12-13H,5-11H2,1-4H3. The van der Waals surface area contributed by atoms with E-state index >= 15 is 0 Å². The fourth-order valence-electron chi connectivity index (χ4n) is 1.78. The van der Waals surface area contributed by atoms with Gasteiger partial charge < -0.3 is 4.74 Å². The first-order valence-corrected chi connectivity index (χ1v) is 6.28. The fraction of sp³-hybridized carbons (Fsp3) is 1.00. The van der Waals surface area contributed by atoms with E-state index < -0.39 is 0 Å². The Labute approximate surface area is 90.2 Å². The van der Waals surface area contributed by atoms with E-state index in [1.54, 1.807) is 0 Å². The van der Waals surface area contributed by atoms with Gasteiger partial charge in [-0.05, 0) is 25.2 Å². The summed E-state index contributed by atoms with van der Waals surface area (Å²) >= 11 is 0. The molecule has 0 aromatic carbocycles. The molecule has 0 bridgehead atoms. The third kappa shape index (κ3) is 8.55. The second-order valence-corrected chi connectivity index (χ2v) is 4.56. The van der Waals surface area contributed by atoms with E-state index in [0.29, 0.717) is 0 Å². The highest BCUT2D eigenvalue weighted by molar-refractivity contribution is 4.58. The van der Waals surface area contributed by atoms with Gasteiger partial charge in [0.25, 0.3) is 0 Å². The monoisotopic (exact) mass is 200 g/mol. The Morgan fingerprint density at radius 2 is 1.43 bits per heavy atom. The van der Waals surface area contributed by atoms with Crippen molar-refractivity contribution < 1.29 is 4.74 Å². The first kappa shape index (κ1) is 14.0. The lowest BCUT2D eigenvalue weighted by molar-refractivity contribution is 0.132. The highest BCUT2D eigenvalue weighted by Gasteiger charge is 2.05. The van der Waals surface area contributed by atoms with Crippen molar-refractivity contribution in [3.63, 3.8) is 0 Å². The molecule has 0 N–H and O–H groups in total. The van der Waals surface area contributed by atoms with E-state index in [4.69, 9.17) is 4.74 Å². The van der Waals surface area contributed by atoms with Crippen molar-refractivity contribution in [1.29, 1.82) is 0 Å². The van der Waals surface area contributed by atoms with Crippen molar-refractivity contribution in [3.8, 4) is 0 Å². The molecule has 0 aliphatic carbocycles. The summed E-state index contributed by atoms with van der Waals surface area (Å²) < 4.78 is 5.36. The van der Waals surface area contributed by atoms with Crippen LogP contribution < -0.4 is 0 Å². The average molecular weight is 200 g/mol. The smallest absolute Gasteiger partial charge is 0.0468 e. The number of ether oxygens (including phenoxy) is 1. The number of rotatable bonds is 9. The topological polar surface area (TPSA) is 9.23 Å². The largest absolute Gasteiger partial charge is 0.382 e. The Morgan fingerprint density at radius 3 is 1.93 bits per heavy atom. The Balaban J connectivity index is 3.29. The molecule has 86 valence electrons. The highest BCUT2D eigenvalue weighted by atomic mass is 16.5. The summed E-state index contributed by atoms with van der Waals surface area (Å²) in [5.41, 5.74) is 0. The minimum absolute atomic E-state index is 0.834. The predicted octanol–water partition coefficient (Wildman–Crippen LogP) is 4.27. The van der Waals surface area contributed by atoms with Gasteiger partial charge in [0.15, 0.2) is 0 Å². The van der Waals surface area contributed by atoms with Crippen molar-refractivity contribution in [2.24, 2.45) is 11.8 Å². The van der Waals surface area contributed by atoms with Gasteiger partial charge in [-0.15, -0.1) is 0 Å². The van der Waals surface area contributed by atoms with Gasteiger partial charge in [-0.2, -0.15) is 0 Å². The van der Waals surface area contributed by atoms with E-state index in [-0.39, 0.29) is 0 Å². The lowest BCUT2D eigenvalue weighted by Crippen LogP contribution is -2.04. The summed E-state index contributed by atoms with van der Waals surface area (Å²) in [6.45, 7) is 10.9. The Bertz CT molecular complexity index is 112. The first-order valence-electron chi connectivity index (χ1n) is 6.28. The maximum Gasteiger partial charge on any atom is 0.0468 e. The van der Waals surface area contributed by atoms with Crippen LogP contribution in [0.5, 0.6) is 0 Å². The van der Waals surface area contributed by atoms with Gasteiger partial charge >= 0.3 is 0 Å². The molecule has 2 atom stereocenters. The molecule has 0 aromatic heterocycles. The van der Waals surface area contributed by atoms with Crippen LogP contribution in [-0.2, 0) is 4.74 Å². The van der Waals surface area contributed by atoms with Crippen molar-refractivity contribution in [2.75, 3.05) is 13.2 Å². The zero-order valence-electron chi connectivity index (χ0n) is 10.5. The van der Waals surface area contributed by atoms with E-state index in [1.165, 1.54) is 32.1 Å². The number of hydrogen-bond acceptors (Lipinski definition) is 1. The third-order valence-corrected chi connectivity index (χ3v) is 2.89. The molecule has 14 heavy (non-hydrogen) atoms. The molecule has 0 fully saturated rings. The maximum atomic E-state index is 5.36. The van der Waals surface area contributed by atoms with Crippen molar-refractivity contribution in [3.05, 3.63) is 0 Å². The molecule has 0 aliphatic heterocycles. The molecule has 0 radical (unpaired) electrons. The zero-order chi connectivity index (χ0) is 10.8. The van der Waals surface area contributed by atoms with Crippen LogP contribution in [0.15, 0.2) is 0 Å². The highest BCUT2D eigenvalue weighted by Crippen LogP contribution is 2.18. The van der Waals surface area contributed by atoms with Gasteiger partial charge in [0.1, 0.15) is 0 Å². The molecule has 0 saturated heterocycles. The average Bonchev–Trinajstić information content (AvgIpc) is 2.16. The number of hydrogen-bond donors (Lipinski definition) is 0. The molecular formula is C13H28O. The van der Waals surface area contributed by atoms with Crippen molar-refractivity contribution in [2.45, 2.75) is 59.8 Å². The summed E-state index contributed by atoms with van der Waals surface area (Å²) in [7, 11) is 0. The summed E-state index contributed by atoms with van der Waals surface area (Å²) in [6.07, 6.45) is 6.70. The molecule has 2 unspecified atom stereocenters. The van der Waals surface area contributed by atoms with Gasteiger partial charge in [-0.3, -0.25) is 0 Å². The molecule has 0 rings (SSSR count). The van der Waals surface area contributed by atoms with Gasteiger partial charge in [-0.1, -0.05) is 46.5 Å². The molecular weight excluding hydrogens is 172 g/mol. The molecule has 1 heteroatoms.